The van der Waals surface area contributed by atoms with Crippen molar-refractivity contribution >= 4 is 18.1 Å². The van der Waals surface area contributed by atoms with Crippen LogP contribution >= 0.6 is 0 Å². The molecule has 190 valence electrons. The summed E-state index contributed by atoms with van der Waals surface area (Å²) in [5.74, 6) is -0.0183. The highest BCUT2D eigenvalue weighted by Crippen LogP contribution is 2.27. The van der Waals surface area contributed by atoms with E-state index in [2.05, 4.69) is 47.7 Å². The fourth-order valence-electron chi connectivity index (χ4n) is 3.67. The van der Waals surface area contributed by atoms with Gasteiger partial charge in [0.1, 0.15) is 0 Å². The molecule has 1 aliphatic heterocycles. The van der Waals surface area contributed by atoms with Gasteiger partial charge >= 0.3 is 0 Å². The average molecular weight is 491 g/mol. The third-order valence-corrected chi connectivity index (χ3v) is 5.40. The molecule has 11 heteroatoms. The Labute approximate surface area is 211 Å². The van der Waals surface area contributed by atoms with Crippen LogP contribution < -0.4 is 26.6 Å². The zero-order chi connectivity index (χ0) is 26.1. The second-order valence-electron chi connectivity index (χ2n) is 9.35. The van der Waals surface area contributed by atoms with Gasteiger partial charge in [-0.2, -0.15) is 5.11 Å². The lowest BCUT2D eigenvalue weighted by atomic mass is 9.96. The first-order chi connectivity index (χ1) is 17.2. The molecule has 3 rings (SSSR count). The summed E-state index contributed by atoms with van der Waals surface area (Å²) in [7, 11) is 1.75. The fraction of sp³-hybridized carbons (Fsp3) is 0.360. The Morgan fingerprint density at radius 1 is 1.25 bits per heavy atom. The van der Waals surface area contributed by atoms with Crippen LogP contribution in [0.15, 0.2) is 59.4 Å². The molecule has 0 spiro atoms. The predicted octanol–water partition coefficient (Wildman–Crippen LogP) is 2.83. The predicted molar refractivity (Wildman–Crippen MR) is 141 cm³/mol. The van der Waals surface area contributed by atoms with Crippen LogP contribution in [0.25, 0.3) is 11.3 Å². The summed E-state index contributed by atoms with van der Waals surface area (Å²) in [5.41, 5.74) is 11.5. The maximum absolute atomic E-state index is 12.9. The number of amides is 1. The number of hydrogen-bond donors (Lipinski definition) is 7. The van der Waals surface area contributed by atoms with Gasteiger partial charge in [0.05, 0.1) is 17.4 Å². The number of carbonyl (C=O) groups excluding carboxylic acids is 1. The van der Waals surface area contributed by atoms with E-state index >= 15 is 0 Å². The van der Waals surface area contributed by atoms with E-state index < -0.39 is 5.91 Å². The number of nitrogens with zero attached hydrogens (tertiary/aromatic N) is 3. The van der Waals surface area contributed by atoms with Crippen molar-refractivity contribution in [3.05, 3.63) is 65.4 Å². The number of hydrogen-bond acceptors (Lipinski definition) is 10. The molecular formula is C25H34N10O. The number of carbonyl (C=O) groups is 1. The van der Waals surface area contributed by atoms with Gasteiger partial charge in [0.15, 0.2) is 5.70 Å². The van der Waals surface area contributed by atoms with Crippen LogP contribution in [0.3, 0.4) is 0 Å². The van der Waals surface area contributed by atoms with Crippen LogP contribution in [0.1, 0.15) is 37.9 Å². The summed E-state index contributed by atoms with van der Waals surface area (Å²) in [6.07, 6.45) is 6.79. The minimum Gasteiger partial charge on any atom is -0.392 e. The van der Waals surface area contributed by atoms with E-state index in [9.17, 15) is 4.79 Å². The van der Waals surface area contributed by atoms with Crippen LogP contribution in [0, 0.1) is 10.9 Å². The first kappa shape index (κ1) is 26.5. The van der Waals surface area contributed by atoms with Gasteiger partial charge in [-0.05, 0) is 57.0 Å². The number of rotatable bonds is 9. The summed E-state index contributed by atoms with van der Waals surface area (Å²) in [4.78, 5) is 21.7. The second kappa shape index (κ2) is 12.0. The standard InChI is InChI=1S/C25H34N10O/c1-25(2,3)31-15-22(35-27)23(36)33-21-14-29-9-7-16-11-17(5-6-19(16)21)20-8-10-30-24(34-20)32-18(12-26)13-28-4/h5-6,8,10-13,15,21,26-29,31H,7,9,14H2,1-4H3,(H,33,36)(H,30,32,34)/b18-13+,22-15-,26-12?,35-27?. The number of allylic oxidation sites excluding steroid dienone is 1. The van der Waals surface area contributed by atoms with Gasteiger partial charge in [-0.1, -0.05) is 12.1 Å². The summed E-state index contributed by atoms with van der Waals surface area (Å²) < 4.78 is 0. The first-order valence-electron chi connectivity index (χ1n) is 11.7. The maximum atomic E-state index is 12.9. The van der Waals surface area contributed by atoms with E-state index in [4.69, 9.17) is 10.9 Å². The van der Waals surface area contributed by atoms with Crippen LogP contribution in [0.2, 0.25) is 0 Å². The smallest absolute Gasteiger partial charge is 0.273 e. The highest BCUT2D eigenvalue weighted by molar-refractivity contribution is 5.93. The molecule has 36 heavy (non-hydrogen) atoms. The van der Waals surface area contributed by atoms with E-state index in [0.717, 1.165) is 35.3 Å². The van der Waals surface area contributed by atoms with Crippen molar-refractivity contribution in [1.29, 1.82) is 10.9 Å². The Kier molecular flexibility index (Phi) is 8.85. The van der Waals surface area contributed by atoms with Crippen molar-refractivity contribution in [3.8, 4) is 11.3 Å². The molecule has 0 radical (unpaired) electrons. The largest absolute Gasteiger partial charge is 0.392 e. The van der Waals surface area contributed by atoms with E-state index in [-0.39, 0.29) is 17.3 Å². The van der Waals surface area contributed by atoms with Crippen LogP contribution in [-0.2, 0) is 11.2 Å². The highest BCUT2D eigenvalue weighted by Gasteiger charge is 2.23. The van der Waals surface area contributed by atoms with Gasteiger partial charge in [0, 0.05) is 49.5 Å². The monoisotopic (exact) mass is 490 g/mol. The van der Waals surface area contributed by atoms with Crippen LogP contribution in [0.5, 0.6) is 0 Å². The quantitative estimate of drug-likeness (QED) is 0.161. The van der Waals surface area contributed by atoms with Crippen molar-refractivity contribution in [3.63, 3.8) is 0 Å². The van der Waals surface area contributed by atoms with Crippen LogP contribution in [0.4, 0.5) is 5.95 Å². The molecule has 2 aromatic rings. The molecule has 0 saturated heterocycles. The minimum atomic E-state index is -0.409. The van der Waals surface area contributed by atoms with Crippen molar-refractivity contribution < 1.29 is 4.79 Å². The summed E-state index contributed by atoms with van der Waals surface area (Å²) in [6.45, 7) is 7.24. The zero-order valence-electron chi connectivity index (χ0n) is 21.1. The van der Waals surface area contributed by atoms with Gasteiger partial charge in [0.2, 0.25) is 5.95 Å². The molecular weight excluding hydrogens is 456 g/mol. The van der Waals surface area contributed by atoms with Crippen molar-refractivity contribution in [2.24, 2.45) is 5.11 Å². The van der Waals surface area contributed by atoms with E-state index in [1.54, 1.807) is 19.4 Å². The fourth-order valence-corrected chi connectivity index (χ4v) is 3.67. The van der Waals surface area contributed by atoms with Crippen molar-refractivity contribution in [2.75, 3.05) is 25.5 Å². The summed E-state index contributed by atoms with van der Waals surface area (Å²) >= 11 is 0. The summed E-state index contributed by atoms with van der Waals surface area (Å²) in [5, 5.41) is 26.3. The molecule has 0 bridgehead atoms. The lowest BCUT2D eigenvalue weighted by molar-refractivity contribution is -0.118. The molecule has 0 saturated carbocycles. The van der Waals surface area contributed by atoms with Gasteiger partial charge in [0.25, 0.3) is 5.91 Å². The van der Waals surface area contributed by atoms with E-state index in [1.165, 1.54) is 12.4 Å². The molecule has 0 fully saturated rings. The molecule has 1 amide bonds. The van der Waals surface area contributed by atoms with Crippen LogP contribution in [-0.4, -0.2) is 47.8 Å². The lowest BCUT2D eigenvalue weighted by Gasteiger charge is -2.21. The first-order valence-corrected chi connectivity index (χ1v) is 11.7. The number of nitrogens with one attached hydrogen (secondary N) is 7. The highest BCUT2D eigenvalue weighted by atomic mass is 16.2. The van der Waals surface area contributed by atoms with Crippen molar-refractivity contribution in [2.45, 2.75) is 38.8 Å². The number of aromatic nitrogens is 2. The third-order valence-electron chi connectivity index (χ3n) is 5.40. The Morgan fingerprint density at radius 2 is 2.06 bits per heavy atom. The number of fused-ring (bicyclic) bond motifs is 1. The third kappa shape index (κ3) is 7.19. The van der Waals surface area contributed by atoms with Gasteiger partial charge in [-0.3, -0.25) is 4.79 Å². The average Bonchev–Trinajstić information content (AvgIpc) is 3.05. The molecule has 1 aromatic carbocycles. The Morgan fingerprint density at radius 3 is 2.75 bits per heavy atom. The zero-order valence-corrected chi connectivity index (χ0v) is 21.1. The lowest BCUT2D eigenvalue weighted by Crippen LogP contribution is -2.37. The molecule has 7 N–H and O–H groups in total. The van der Waals surface area contributed by atoms with E-state index in [0.29, 0.717) is 18.2 Å². The molecule has 1 atom stereocenters. The Balaban J connectivity index is 1.84. The van der Waals surface area contributed by atoms with Gasteiger partial charge < -0.3 is 32.0 Å². The molecule has 1 aliphatic rings. The molecule has 0 aliphatic carbocycles. The number of benzene rings is 1. The molecule has 1 unspecified atom stereocenters. The Bertz CT molecular complexity index is 1170. The maximum Gasteiger partial charge on any atom is 0.273 e. The van der Waals surface area contributed by atoms with E-state index in [1.807, 2.05) is 39.0 Å². The topological polar surface area (TPSA) is 163 Å². The molecule has 2 heterocycles. The second-order valence-corrected chi connectivity index (χ2v) is 9.35. The number of anilines is 1. The molecule has 1 aromatic heterocycles. The summed E-state index contributed by atoms with van der Waals surface area (Å²) in [6, 6.07) is 7.64. The minimum absolute atomic E-state index is 0.0185. The van der Waals surface area contributed by atoms with Gasteiger partial charge in [-0.15, -0.1) is 0 Å². The van der Waals surface area contributed by atoms with Crippen molar-refractivity contribution in [1.82, 2.24) is 31.2 Å². The normalized spacial score (nSPS) is 16.3. The Hall–Kier alpha value is -4.12. The van der Waals surface area contributed by atoms with Gasteiger partial charge in [-0.25, -0.2) is 15.5 Å². The SMILES string of the molecule is CN/C=C(\C=N)Nc1nccc(-c2ccc3c(c2)CCNCC3NC(=O)/C(=C/NC(C)(C)C)N=N)n1. The molecule has 11 nitrogen and oxygen atoms in total.